The zero-order valence-electron chi connectivity index (χ0n) is 69.9. The topological polar surface area (TPSA) is 381 Å². The quantitative estimate of drug-likeness (QED) is 0.00723. The molecular formula is C81H133N9O21S. The lowest BCUT2D eigenvalue weighted by Crippen LogP contribution is -2.57. The molecular weight excluding hydrogens is 1470 g/mol. The second kappa shape index (κ2) is 44.6. The molecule has 0 heterocycles. The standard InChI is InChI=1S/C81H133N9O21S/c1-19-56(5)86-110-66(96)25-23-24-58-40-74(7,8)48-78(15,43-58)52-82-67(97)88(72(102)108-36-34-106-65(95)29-39-112-38-28-62(91)92)30-26-59-41-75(9,10)49-79(16,44-59)53-84-69(99)90(73(103)109-37-33-105-64(94)22-4)61-46-77(13,14)51-81(18,47-61)54-83-68(98)89(71(101)107-35-32-104-63(93)21-3)31-27-60-42-76(11,12)50-80(17,45-60)55-85-70(100)111-87-57(6)20-2/h21-22,58-61H,3-4,19-20,23-55H2,1-2,5-18H3,(H,82,97)(H,83,98)(H,84,99)(H,85,100)(H,91,92)/b86-56+,87-57+. The number of carboxylic acids is 1. The Morgan fingerprint density at radius 1 is 0.446 bits per heavy atom. The van der Waals surface area contributed by atoms with Crippen LogP contribution in [0.4, 0.5) is 33.6 Å². The molecule has 0 bridgehead atoms. The van der Waals surface area contributed by atoms with E-state index < -0.39 is 112 Å². The number of rotatable bonds is 40. The summed E-state index contributed by atoms with van der Waals surface area (Å²) in [6.07, 6.45) is 9.31. The van der Waals surface area contributed by atoms with Crippen LogP contribution in [0.5, 0.6) is 0 Å². The Bertz CT molecular complexity index is 3310. The van der Waals surface area contributed by atoms with Gasteiger partial charge in [0.25, 0.3) is 0 Å². The number of hydrogen-bond donors (Lipinski definition) is 5. The number of nitrogens with zero attached hydrogens (tertiary/aromatic N) is 5. The second-order valence-electron chi connectivity index (χ2n) is 36.0. The molecule has 5 N–H and O–H groups in total. The molecule has 0 spiro atoms. The van der Waals surface area contributed by atoms with E-state index in [9.17, 15) is 52.7 Å². The first-order chi connectivity index (χ1) is 52.3. The summed E-state index contributed by atoms with van der Waals surface area (Å²) in [7, 11) is 0. The molecule has 4 fully saturated rings. The predicted octanol–water partition coefficient (Wildman–Crippen LogP) is 14.9. The minimum Gasteiger partial charge on any atom is -0.481 e. The molecule has 4 aliphatic rings. The number of ether oxygens (including phenoxy) is 6. The van der Waals surface area contributed by atoms with Gasteiger partial charge in [-0.2, -0.15) is 11.8 Å². The number of urea groups is 3. The third-order valence-corrected chi connectivity index (χ3v) is 22.4. The van der Waals surface area contributed by atoms with E-state index in [1.807, 2.05) is 41.5 Å². The Hall–Kier alpha value is -7.99. The van der Waals surface area contributed by atoms with Gasteiger partial charge in [-0.25, -0.2) is 62.6 Å². The van der Waals surface area contributed by atoms with Gasteiger partial charge < -0.3 is 59.6 Å². The molecule has 112 heavy (non-hydrogen) atoms. The van der Waals surface area contributed by atoms with Gasteiger partial charge in [-0.3, -0.25) is 14.4 Å². The highest BCUT2D eigenvalue weighted by Gasteiger charge is 2.49. The van der Waals surface area contributed by atoms with Crippen LogP contribution in [0.2, 0.25) is 0 Å². The molecule has 4 saturated carbocycles. The molecule has 0 aromatic heterocycles. The fraction of sp³-hybridized carbons (Fsp3) is 0.778. The maximum atomic E-state index is 15.2. The summed E-state index contributed by atoms with van der Waals surface area (Å²) < 4.78 is 32.4. The molecule has 0 aromatic carbocycles. The highest BCUT2D eigenvalue weighted by Crippen LogP contribution is 2.53. The summed E-state index contributed by atoms with van der Waals surface area (Å²) in [6.45, 7) is 37.7. The Morgan fingerprint density at radius 2 is 0.821 bits per heavy atom. The fourth-order valence-electron chi connectivity index (χ4n) is 18.1. The SMILES string of the molecule is C=CC(=O)OCCOC(=O)N(CCC1CC(C)(C)CC(C)(CNC(=O)O/N=C(\C)CC)C1)C(=O)NCC1(C)CC(N(C(=O)NCC2(C)CC(CCN(C(=O)NCC3(C)CC(CCCC(=O)O/N=C(\C)CC)CC(C)(C)C3)C(=O)OCCOC(=O)CCSCCC(=O)O)CC(C)(C)C2)C(=O)OCCOC(=O)C=C)CC(C)(C)C1. The summed E-state index contributed by atoms with van der Waals surface area (Å²) in [6, 6.07) is -3.03. The van der Waals surface area contributed by atoms with Crippen LogP contribution < -0.4 is 21.3 Å². The highest BCUT2D eigenvalue weighted by molar-refractivity contribution is 7.99. The van der Waals surface area contributed by atoms with Crippen LogP contribution in [0.25, 0.3) is 0 Å². The van der Waals surface area contributed by atoms with Crippen LogP contribution in [0.1, 0.15) is 246 Å². The van der Waals surface area contributed by atoms with E-state index in [1.165, 1.54) is 11.8 Å². The van der Waals surface area contributed by atoms with Crippen molar-refractivity contribution in [1.29, 1.82) is 0 Å². The number of thioether (sulfide) groups is 1. The summed E-state index contributed by atoms with van der Waals surface area (Å²) in [5, 5.41) is 28.8. The Balaban J connectivity index is 1.57. The number of imide groups is 3. The normalized spacial score (nSPS) is 24.3. The first-order valence-electron chi connectivity index (χ1n) is 39.7. The maximum Gasteiger partial charge on any atom is 0.433 e. The van der Waals surface area contributed by atoms with E-state index in [4.69, 9.17) is 43.2 Å². The predicted molar refractivity (Wildman–Crippen MR) is 425 cm³/mol. The lowest BCUT2D eigenvalue weighted by molar-refractivity contribution is -0.144. The van der Waals surface area contributed by atoms with Gasteiger partial charge in [0.05, 0.1) is 24.3 Å². The molecule has 0 saturated heterocycles. The number of esters is 3. The number of carbonyl (C=O) groups is 12. The van der Waals surface area contributed by atoms with Gasteiger partial charge >= 0.3 is 72.3 Å². The van der Waals surface area contributed by atoms with Crippen molar-refractivity contribution in [2.45, 2.75) is 252 Å². The van der Waals surface area contributed by atoms with Gasteiger partial charge in [0.15, 0.2) is 0 Å². The second-order valence-corrected chi connectivity index (χ2v) is 37.2. The van der Waals surface area contributed by atoms with E-state index >= 15 is 4.79 Å². The molecule has 0 aliphatic heterocycles. The van der Waals surface area contributed by atoms with Crippen molar-refractivity contribution < 1.29 is 101 Å². The third-order valence-electron chi connectivity index (χ3n) is 21.4. The van der Waals surface area contributed by atoms with Gasteiger partial charge in [0, 0.05) is 75.4 Å². The van der Waals surface area contributed by atoms with Crippen molar-refractivity contribution >= 4 is 95.5 Å². The summed E-state index contributed by atoms with van der Waals surface area (Å²) >= 11 is 1.30. The molecule has 0 radical (unpaired) electrons. The third kappa shape index (κ3) is 35.6. The lowest BCUT2D eigenvalue weighted by atomic mass is 9.60. The first-order valence-corrected chi connectivity index (χ1v) is 40.9. The molecule has 8 atom stereocenters. The van der Waals surface area contributed by atoms with Crippen LogP contribution in [0, 0.1) is 61.1 Å². The van der Waals surface area contributed by atoms with E-state index in [1.54, 1.807) is 13.8 Å². The summed E-state index contributed by atoms with van der Waals surface area (Å²) in [5.74, 6) is -2.59. The van der Waals surface area contributed by atoms with E-state index in [-0.39, 0.29) is 125 Å². The zero-order chi connectivity index (χ0) is 83.9. The number of amides is 10. The van der Waals surface area contributed by atoms with Crippen molar-refractivity contribution in [2.24, 2.45) is 71.4 Å². The van der Waals surface area contributed by atoms with Crippen molar-refractivity contribution in [3.8, 4) is 0 Å². The number of nitrogens with one attached hydrogen (secondary N) is 4. The lowest BCUT2D eigenvalue weighted by Gasteiger charge is -2.49. The molecule has 634 valence electrons. The molecule has 30 nitrogen and oxygen atoms in total. The van der Waals surface area contributed by atoms with Gasteiger partial charge in [-0.1, -0.05) is 120 Å². The van der Waals surface area contributed by atoms with Crippen LogP contribution >= 0.6 is 11.8 Å². The smallest absolute Gasteiger partial charge is 0.433 e. The molecule has 31 heteroatoms. The summed E-state index contributed by atoms with van der Waals surface area (Å²) in [4.78, 5) is 173. The average Bonchev–Trinajstić information content (AvgIpc) is 0.768. The fourth-order valence-corrected chi connectivity index (χ4v) is 18.9. The Labute approximate surface area is 667 Å². The van der Waals surface area contributed by atoms with Crippen LogP contribution in [0.15, 0.2) is 35.6 Å². The maximum absolute atomic E-state index is 15.2. The van der Waals surface area contributed by atoms with E-state index in [0.717, 1.165) is 71.1 Å². The summed E-state index contributed by atoms with van der Waals surface area (Å²) in [5.41, 5.74) is -2.07. The van der Waals surface area contributed by atoms with Crippen molar-refractivity contribution in [3.05, 3.63) is 25.3 Å². The number of carbonyl (C=O) groups excluding carboxylic acids is 11. The van der Waals surface area contributed by atoms with Gasteiger partial charge in [0.1, 0.15) is 39.6 Å². The zero-order valence-corrected chi connectivity index (χ0v) is 70.7. The largest absolute Gasteiger partial charge is 0.481 e. The van der Waals surface area contributed by atoms with Gasteiger partial charge in [-0.15, -0.1) is 0 Å². The number of aliphatic carboxylic acids is 1. The average molecular weight is 1600 g/mol. The molecule has 4 rings (SSSR count). The minimum absolute atomic E-state index is 0.0136. The number of hydrogen-bond acceptors (Lipinski definition) is 23. The molecule has 10 amide bonds. The monoisotopic (exact) mass is 1600 g/mol. The number of oxime groups is 2. The molecule has 4 aliphatic carbocycles. The minimum atomic E-state index is -1.01. The van der Waals surface area contributed by atoms with Crippen LogP contribution in [-0.2, 0) is 62.1 Å². The van der Waals surface area contributed by atoms with Crippen LogP contribution in [0.3, 0.4) is 0 Å². The first kappa shape index (κ1) is 96.4. The highest BCUT2D eigenvalue weighted by atomic mass is 32.2. The number of carboxylic acid groups (broad SMARTS) is 1. The van der Waals surface area contributed by atoms with Gasteiger partial charge in [-0.05, 0) is 190 Å². The van der Waals surface area contributed by atoms with Crippen molar-refractivity contribution in [2.75, 3.05) is 90.4 Å². The van der Waals surface area contributed by atoms with E-state index in [2.05, 4.69) is 100 Å². The van der Waals surface area contributed by atoms with Crippen molar-refractivity contribution in [3.63, 3.8) is 0 Å². The van der Waals surface area contributed by atoms with Crippen molar-refractivity contribution in [1.82, 2.24) is 36.0 Å². The Morgan fingerprint density at radius 3 is 1.26 bits per heavy atom. The Kier molecular flexibility index (Phi) is 38.4. The van der Waals surface area contributed by atoms with Crippen LogP contribution in [-0.4, -0.2) is 200 Å². The molecule has 0 aromatic rings. The molecule has 8 unspecified atom stereocenters. The van der Waals surface area contributed by atoms with Gasteiger partial charge in [0.2, 0.25) is 0 Å². The van der Waals surface area contributed by atoms with E-state index in [0.29, 0.717) is 94.4 Å².